The second kappa shape index (κ2) is 10.1. The molecule has 0 N–H and O–H groups in total. The number of hydrogen-bond donors (Lipinski definition) is 0. The molecule has 2 nitrogen and oxygen atoms in total. The maximum atomic E-state index is 5.07. The summed E-state index contributed by atoms with van der Waals surface area (Å²) in [5, 5.41) is 0. The van der Waals surface area contributed by atoms with E-state index >= 15 is 0 Å². The third-order valence-corrected chi connectivity index (χ3v) is 2.15. The lowest BCUT2D eigenvalue weighted by Crippen LogP contribution is -2.03. The minimum atomic E-state index is 0. The highest BCUT2D eigenvalue weighted by atomic mass is 16.5. The molecule has 0 radical (unpaired) electrons. The molecule has 0 bridgehead atoms. The SMILES string of the molecule is B.C1CCOCC1.C1CCOCC1. The lowest BCUT2D eigenvalue weighted by Gasteiger charge is -2.08. The van der Waals surface area contributed by atoms with Gasteiger partial charge in [0.05, 0.1) is 8.41 Å². The van der Waals surface area contributed by atoms with E-state index in [1.54, 1.807) is 0 Å². The molecule has 0 spiro atoms. The molecule has 0 aromatic carbocycles. The Morgan fingerprint density at radius 2 is 0.769 bits per heavy atom. The van der Waals surface area contributed by atoms with E-state index < -0.39 is 0 Å². The van der Waals surface area contributed by atoms with Gasteiger partial charge in [0.25, 0.3) is 0 Å². The normalized spacial score (nSPS) is 22.2. The molecule has 0 aliphatic carbocycles. The van der Waals surface area contributed by atoms with Crippen molar-refractivity contribution in [3.8, 4) is 0 Å². The van der Waals surface area contributed by atoms with E-state index in [2.05, 4.69) is 0 Å². The average molecular weight is 186 g/mol. The molecule has 3 heteroatoms. The molecule has 0 aromatic rings. The van der Waals surface area contributed by atoms with Gasteiger partial charge in [-0.15, -0.1) is 0 Å². The standard InChI is InChI=1S/2C5H10O.BH3/c2*1-2-4-6-5-3-1;/h2*1-5H2;1H3. The summed E-state index contributed by atoms with van der Waals surface area (Å²) in [6.07, 6.45) is 7.86. The van der Waals surface area contributed by atoms with Crippen molar-refractivity contribution in [3.63, 3.8) is 0 Å². The molecule has 78 valence electrons. The number of hydrogen-bond acceptors (Lipinski definition) is 2. The van der Waals surface area contributed by atoms with Crippen molar-refractivity contribution >= 4 is 8.41 Å². The zero-order valence-corrected chi connectivity index (χ0v) is 7.89. The van der Waals surface area contributed by atoms with Gasteiger partial charge in [0.2, 0.25) is 0 Å². The molecule has 0 atom stereocenters. The molecule has 0 saturated carbocycles. The summed E-state index contributed by atoms with van der Waals surface area (Å²) in [5.41, 5.74) is 0. The zero-order chi connectivity index (χ0) is 8.49. The molecular formula is C10H23BO2. The molecule has 2 heterocycles. The van der Waals surface area contributed by atoms with Crippen molar-refractivity contribution < 1.29 is 9.47 Å². The molecule has 2 aliphatic rings. The van der Waals surface area contributed by atoms with Crippen molar-refractivity contribution in [2.24, 2.45) is 0 Å². The second-order valence-electron chi connectivity index (χ2n) is 3.35. The Kier molecular flexibility index (Phi) is 10.1. The summed E-state index contributed by atoms with van der Waals surface area (Å²) in [6.45, 7) is 4.00. The Bertz CT molecular complexity index is 55.9. The van der Waals surface area contributed by atoms with E-state index in [1.165, 1.54) is 38.5 Å². The third kappa shape index (κ3) is 8.32. The fourth-order valence-electron chi connectivity index (χ4n) is 1.37. The van der Waals surface area contributed by atoms with Crippen LogP contribution in [0.4, 0.5) is 0 Å². The Morgan fingerprint density at radius 1 is 0.462 bits per heavy atom. The number of ether oxygens (including phenoxy) is 2. The Labute approximate surface area is 83.6 Å². The lowest BCUT2D eigenvalue weighted by atomic mass is 10.2. The van der Waals surface area contributed by atoms with Crippen LogP contribution in [0.3, 0.4) is 0 Å². The predicted octanol–water partition coefficient (Wildman–Crippen LogP) is 1.19. The maximum absolute atomic E-state index is 5.07. The summed E-state index contributed by atoms with van der Waals surface area (Å²) in [4.78, 5) is 0. The van der Waals surface area contributed by atoms with Crippen LogP contribution >= 0.6 is 0 Å². The van der Waals surface area contributed by atoms with Gasteiger partial charge in [0.15, 0.2) is 0 Å². The highest BCUT2D eigenvalue weighted by molar-refractivity contribution is 5.75. The van der Waals surface area contributed by atoms with Crippen molar-refractivity contribution in [3.05, 3.63) is 0 Å². The van der Waals surface area contributed by atoms with Gasteiger partial charge < -0.3 is 9.47 Å². The van der Waals surface area contributed by atoms with Crippen molar-refractivity contribution in [1.29, 1.82) is 0 Å². The topological polar surface area (TPSA) is 18.5 Å². The molecule has 2 aliphatic heterocycles. The van der Waals surface area contributed by atoms with E-state index in [0.717, 1.165) is 26.4 Å². The Morgan fingerprint density at radius 3 is 0.846 bits per heavy atom. The van der Waals surface area contributed by atoms with E-state index in [4.69, 9.17) is 9.47 Å². The van der Waals surface area contributed by atoms with Gasteiger partial charge in [0.1, 0.15) is 0 Å². The van der Waals surface area contributed by atoms with Crippen LogP contribution in [0, 0.1) is 0 Å². The smallest absolute Gasteiger partial charge is 0.0814 e. The van der Waals surface area contributed by atoms with Crippen molar-refractivity contribution in [2.45, 2.75) is 38.5 Å². The van der Waals surface area contributed by atoms with E-state index in [9.17, 15) is 0 Å². The van der Waals surface area contributed by atoms with Crippen LogP contribution < -0.4 is 0 Å². The van der Waals surface area contributed by atoms with E-state index in [-0.39, 0.29) is 8.41 Å². The average Bonchev–Trinajstić information content (AvgIpc) is 2.24. The van der Waals surface area contributed by atoms with Crippen LogP contribution in [0.15, 0.2) is 0 Å². The van der Waals surface area contributed by atoms with Gasteiger partial charge in [-0.25, -0.2) is 0 Å². The predicted molar refractivity (Wildman–Crippen MR) is 59.3 cm³/mol. The van der Waals surface area contributed by atoms with Crippen LogP contribution in [0.1, 0.15) is 38.5 Å². The molecule has 2 fully saturated rings. The minimum absolute atomic E-state index is 0. The first-order valence-corrected chi connectivity index (χ1v) is 5.15. The summed E-state index contributed by atoms with van der Waals surface area (Å²) in [5.74, 6) is 0. The van der Waals surface area contributed by atoms with Gasteiger partial charge in [0, 0.05) is 26.4 Å². The van der Waals surface area contributed by atoms with Gasteiger partial charge in [-0.3, -0.25) is 0 Å². The summed E-state index contributed by atoms with van der Waals surface area (Å²) in [7, 11) is 0. The summed E-state index contributed by atoms with van der Waals surface area (Å²) in [6, 6.07) is 0. The molecular weight excluding hydrogens is 163 g/mol. The molecule has 13 heavy (non-hydrogen) atoms. The fourth-order valence-corrected chi connectivity index (χ4v) is 1.37. The monoisotopic (exact) mass is 186 g/mol. The van der Waals surface area contributed by atoms with Crippen molar-refractivity contribution in [1.82, 2.24) is 0 Å². The maximum Gasteiger partial charge on any atom is 0.0814 e. The molecule has 0 amide bonds. The minimum Gasteiger partial charge on any atom is -0.381 e. The fraction of sp³-hybridized carbons (Fsp3) is 1.00. The van der Waals surface area contributed by atoms with Crippen LogP contribution in [-0.4, -0.2) is 34.8 Å². The molecule has 0 unspecified atom stereocenters. The van der Waals surface area contributed by atoms with Gasteiger partial charge in [-0.1, -0.05) is 0 Å². The summed E-state index contributed by atoms with van der Waals surface area (Å²) < 4.78 is 10.1. The quantitative estimate of drug-likeness (QED) is 0.529. The van der Waals surface area contributed by atoms with Crippen LogP contribution in [0.25, 0.3) is 0 Å². The highest BCUT2D eigenvalue weighted by Crippen LogP contribution is 2.02. The van der Waals surface area contributed by atoms with Crippen LogP contribution in [0.5, 0.6) is 0 Å². The lowest BCUT2D eigenvalue weighted by molar-refractivity contribution is 0.0967. The van der Waals surface area contributed by atoms with Gasteiger partial charge in [-0.2, -0.15) is 0 Å². The first-order valence-electron chi connectivity index (χ1n) is 5.15. The second-order valence-corrected chi connectivity index (χ2v) is 3.35. The van der Waals surface area contributed by atoms with Crippen LogP contribution in [-0.2, 0) is 9.47 Å². The van der Waals surface area contributed by atoms with E-state index in [0.29, 0.717) is 0 Å². The first kappa shape index (κ1) is 13.0. The first-order chi connectivity index (χ1) is 6.00. The van der Waals surface area contributed by atoms with Gasteiger partial charge >= 0.3 is 0 Å². The third-order valence-electron chi connectivity index (χ3n) is 2.15. The van der Waals surface area contributed by atoms with E-state index in [1.807, 2.05) is 0 Å². The molecule has 2 rings (SSSR count). The Balaban J connectivity index is 0.000000206. The highest BCUT2D eigenvalue weighted by Gasteiger charge is 1.95. The van der Waals surface area contributed by atoms with Gasteiger partial charge in [-0.05, 0) is 38.5 Å². The zero-order valence-electron chi connectivity index (χ0n) is 7.89. The number of rotatable bonds is 0. The summed E-state index contributed by atoms with van der Waals surface area (Å²) >= 11 is 0. The Hall–Kier alpha value is -0.0151. The molecule has 0 aromatic heterocycles. The van der Waals surface area contributed by atoms with Crippen molar-refractivity contribution in [2.75, 3.05) is 26.4 Å². The molecule has 2 saturated heterocycles. The largest absolute Gasteiger partial charge is 0.381 e. The van der Waals surface area contributed by atoms with Crippen LogP contribution in [0.2, 0.25) is 0 Å².